The Bertz CT molecular complexity index is 614. The molecule has 3 nitrogen and oxygen atoms in total. The highest BCUT2D eigenvalue weighted by Crippen LogP contribution is 2.26. The highest BCUT2D eigenvalue weighted by Gasteiger charge is 2.14. The van der Waals surface area contributed by atoms with Crippen molar-refractivity contribution in [1.82, 2.24) is 4.98 Å². The molecule has 0 amide bonds. The minimum Gasteiger partial charge on any atom is -0.436 e. The molecule has 0 aliphatic heterocycles. The summed E-state index contributed by atoms with van der Waals surface area (Å²) < 4.78 is 57.8. The van der Waals surface area contributed by atoms with Gasteiger partial charge in [-0.25, -0.2) is 17.6 Å². The van der Waals surface area contributed by atoms with Crippen molar-refractivity contribution < 1.29 is 22.3 Å². The van der Waals surface area contributed by atoms with E-state index in [4.69, 9.17) is 4.74 Å². The van der Waals surface area contributed by atoms with E-state index in [2.05, 4.69) is 10.3 Å². The number of hydrogen-bond acceptors (Lipinski definition) is 3. The maximum atomic E-state index is 13.5. The summed E-state index contributed by atoms with van der Waals surface area (Å²) in [4.78, 5) is 3.59. The molecule has 0 aliphatic rings. The Kier molecular flexibility index (Phi) is 4.07. The molecule has 2 aromatic rings. The van der Waals surface area contributed by atoms with Gasteiger partial charge >= 0.3 is 0 Å². The van der Waals surface area contributed by atoms with Crippen LogP contribution in [0.15, 0.2) is 24.3 Å². The third kappa shape index (κ3) is 3.17. The summed E-state index contributed by atoms with van der Waals surface area (Å²) in [5.41, 5.74) is 0. The number of benzene rings is 1. The number of hydrogen-bond donors (Lipinski definition) is 1. The van der Waals surface area contributed by atoms with E-state index in [0.29, 0.717) is 18.7 Å². The molecule has 0 aliphatic carbocycles. The maximum absolute atomic E-state index is 13.5. The Balaban J connectivity index is 2.34. The minimum absolute atomic E-state index is 0.208. The van der Waals surface area contributed by atoms with Gasteiger partial charge in [0, 0.05) is 30.8 Å². The van der Waals surface area contributed by atoms with Crippen LogP contribution in [0.2, 0.25) is 0 Å². The average molecular weight is 286 g/mol. The summed E-state index contributed by atoms with van der Waals surface area (Å²) in [7, 11) is 0. The van der Waals surface area contributed by atoms with Crippen LogP contribution >= 0.6 is 0 Å². The standard InChI is InChI=1S/C13H10F4N2O/c1-2-18-12-10(16)6-11(17)13(19-12)20-9-4-7(14)3-8(15)5-9/h3-6H,2H2,1H3,(H,18,19). The van der Waals surface area contributed by atoms with Crippen molar-refractivity contribution in [3.63, 3.8) is 0 Å². The van der Waals surface area contributed by atoms with Gasteiger partial charge in [-0.3, -0.25) is 0 Å². The lowest BCUT2D eigenvalue weighted by Crippen LogP contribution is -2.04. The molecule has 0 saturated carbocycles. The molecule has 0 unspecified atom stereocenters. The zero-order chi connectivity index (χ0) is 14.7. The Hall–Kier alpha value is -2.31. The van der Waals surface area contributed by atoms with E-state index in [0.717, 1.165) is 12.1 Å². The van der Waals surface area contributed by atoms with Crippen molar-refractivity contribution in [3.8, 4) is 11.6 Å². The lowest BCUT2D eigenvalue weighted by molar-refractivity contribution is 0.411. The summed E-state index contributed by atoms with van der Waals surface area (Å²) in [6, 6.07) is 2.95. The largest absolute Gasteiger partial charge is 0.436 e. The molecule has 1 aromatic carbocycles. The molecule has 0 atom stereocenters. The van der Waals surface area contributed by atoms with Gasteiger partial charge in [-0.2, -0.15) is 4.98 Å². The van der Waals surface area contributed by atoms with E-state index in [1.807, 2.05) is 0 Å². The molecule has 0 fully saturated rings. The van der Waals surface area contributed by atoms with Crippen LogP contribution in [-0.4, -0.2) is 11.5 Å². The van der Waals surface area contributed by atoms with Gasteiger partial charge in [0.25, 0.3) is 5.88 Å². The number of nitrogens with zero attached hydrogens (tertiary/aromatic N) is 1. The molecule has 1 N–H and O–H groups in total. The predicted octanol–water partition coefficient (Wildman–Crippen LogP) is 3.86. The van der Waals surface area contributed by atoms with E-state index in [1.54, 1.807) is 6.92 Å². The summed E-state index contributed by atoms with van der Waals surface area (Å²) in [5.74, 6) is -4.78. The van der Waals surface area contributed by atoms with Crippen LogP contribution in [0, 0.1) is 23.3 Å². The fourth-order valence-electron chi connectivity index (χ4n) is 1.51. The van der Waals surface area contributed by atoms with Crippen molar-refractivity contribution in [1.29, 1.82) is 0 Å². The molecular formula is C13H10F4N2O. The van der Waals surface area contributed by atoms with E-state index in [-0.39, 0.29) is 11.6 Å². The van der Waals surface area contributed by atoms with Crippen LogP contribution in [0.25, 0.3) is 0 Å². The van der Waals surface area contributed by atoms with Gasteiger partial charge < -0.3 is 10.1 Å². The lowest BCUT2D eigenvalue weighted by Gasteiger charge is -2.09. The zero-order valence-corrected chi connectivity index (χ0v) is 10.4. The predicted molar refractivity (Wildman–Crippen MR) is 64.7 cm³/mol. The summed E-state index contributed by atoms with van der Waals surface area (Å²) in [6.45, 7) is 2.07. The summed E-state index contributed by atoms with van der Waals surface area (Å²) >= 11 is 0. The number of pyridine rings is 1. The van der Waals surface area contributed by atoms with Crippen molar-refractivity contribution in [2.24, 2.45) is 0 Å². The Morgan fingerprint density at radius 2 is 1.65 bits per heavy atom. The highest BCUT2D eigenvalue weighted by atomic mass is 19.1. The fraction of sp³-hybridized carbons (Fsp3) is 0.154. The maximum Gasteiger partial charge on any atom is 0.258 e. The van der Waals surface area contributed by atoms with Gasteiger partial charge in [-0.05, 0) is 6.92 Å². The number of anilines is 1. The first-order valence-corrected chi connectivity index (χ1v) is 5.73. The van der Waals surface area contributed by atoms with Gasteiger partial charge in [-0.1, -0.05) is 0 Å². The van der Waals surface area contributed by atoms with Crippen LogP contribution in [0.4, 0.5) is 23.4 Å². The molecule has 2 rings (SSSR count). The van der Waals surface area contributed by atoms with Gasteiger partial charge in [0.1, 0.15) is 17.4 Å². The lowest BCUT2D eigenvalue weighted by atomic mass is 10.3. The number of nitrogens with one attached hydrogen (secondary N) is 1. The Labute approximate surface area is 112 Å². The number of rotatable bonds is 4. The second kappa shape index (κ2) is 5.77. The van der Waals surface area contributed by atoms with Gasteiger partial charge in [-0.15, -0.1) is 0 Å². The Morgan fingerprint density at radius 1 is 1.00 bits per heavy atom. The monoisotopic (exact) mass is 286 g/mol. The van der Waals surface area contributed by atoms with Crippen LogP contribution < -0.4 is 10.1 Å². The smallest absolute Gasteiger partial charge is 0.258 e. The quantitative estimate of drug-likeness (QED) is 0.866. The third-order valence-corrected chi connectivity index (χ3v) is 2.29. The molecule has 106 valence electrons. The van der Waals surface area contributed by atoms with Gasteiger partial charge in [0.2, 0.25) is 0 Å². The van der Waals surface area contributed by atoms with E-state index in [9.17, 15) is 17.6 Å². The third-order valence-electron chi connectivity index (χ3n) is 2.29. The van der Waals surface area contributed by atoms with E-state index >= 15 is 0 Å². The molecule has 0 bridgehead atoms. The van der Waals surface area contributed by atoms with Gasteiger partial charge in [0.15, 0.2) is 17.5 Å². The van der Waals surface area contributed by atoms with Crippen LogP contribution in [0.3, 0.4) is 0 Å². The van der Waals surface area contributed by atoms with Crippen LogP contribution in [0.5, 0.6) is 11.6 Å². The highest BCUT2D eigenvalue weighted by molar-refractivity contribution is 5.41. The molecule has 0 radical (unpaired) electrons. The number of halogens is 4. The fourth-order valence-corrected chi connectivity index (χ4v) is 1.51. The molecule has 7 heteroatoms. The minimum atomic E-state index is -1.08. The molecule has 20 heavy (non-hydrogen) atoms. The van der Waals surface area contributed by atoms with Crippen molar-refractivity contribution in [2.75, 3.05) is 11.9 Å². The SMILES string of the molecule is CCNc1nc(Oc2cc(F)cc(F)c2)c(F)cc1F. The number of aromatic nitrogens is 1. The first-order chi connectivity index (χ1) is 9.49. The average Bonchev–Trinajstić information content (AvgIpc) is 2.34. The second-order valence-corrected chi connectivity index (χ2v) is 3.84. The summed E-state index contributed by atoms with van der Waals surface area (Å²) in [6.07, 6.45) is 0. The summed E-state index contributed by atoms with van der Waals surface area (Å²) in [5, 5.41) is 2.57. The number of ether oxygens (including phenoxy) is 1. The normalized spacial score (nSPS) is 10.4. The molecule has 1 aromatic heterocycles. The van der Waals surface area contributed by atoms with Crippen molar-refractivity contribution in [3.05, 3.63) is 47.5 Å². The van der Waals surface area contributed by atoms with Crippen molar-refractivity contribution >= 4 is 5.82 Å². The van der Waals surface area contributed by atoms with Crippen LogP contribution in [-0.2, 0) is 0 Å². The first-order valence-electron chi connectivity index (χ1n) is 5.73. The topological polar surface area (TPSA) is 34.2 Å². The molecule has 1 heterocycles. The Morgan fingerprint density at radius 3 is 2.25 bits per heavy atom. The van der Waals surface area contributed by atoms with E-state index in [1.165, 1.54) is 0 Å². The zero-order valence-electron chi connectivity index (χ0n) is 10.4. The second-order valence-electron chi connectivity index (χ2n) is 3.84. The molecule has 0 saturated heterocycles. The van der Waals surface area contributed by atoms with Crippen LogP contribution in [0.1, 0.15) is 6.92 Å². The van der Waals surface area contributed by atoms with E-state index < -0.39 is 29.1 Å². The molecular weight excluding hydrogens is 276 g/mol. The molecule has 0 spiro atoms. The van der Waals surface area contributed by atoms with Gasteiger partial charge in [0.05, 0.1) is 0 Å². The van der Waals surface area contributed by atoms with Crippen molar-refractivity contribution in [2.45, 2.75) is 6.92 Å². The first kappa shape index (κ1) is 14.1.